The number of hydrogen-bond acceptors (Lipinski definition) is 3. The van der Waals surface area contributed by atoms with Crippen molar-refractivity contribution in [2.75, 3.05) is 26.7 Å². The highest BCUT2D eigenvalue weighted by Crippen LogP contribution is 2.56. The Morgan fingerprint density at radius 1 is 1.19 bits per heavy atom. The van der Waals surface area contributed by atoms with Gasteiger partial charge < -0.3 is 14.5 Å². The summed E-state index contributed by atoms with van der Waals surface area (Å²) in [7, 11) is 2.05. The van der Waals surface area contributed by atoms with Crippen molar-refractivity contribution in [2.45, 2.75) is 89.6 Å². The molecule has 4 nitrogen and oxygen atoms in total. The van der Waals surface area contributed by atoms with E-state index in [4.69, 9.17) is 4.74 Å². The van der Waals surface area contributed by atoms with Crippen LogP contribution < -0.4 is 4.74 Å². The number of rotatable bonds is 5. The molecular formula is C28H42N2O2. The molecule has 1 aromatic carbocycles. The molecule has 2 aliphatic carbocycles. The molecule has 2 aliphatic heterocycles. The normalized spacial score (nSPS) is 37.1. The highest BCUT2D eigenvalue weighted by molar-refractivity contribution is 5.80. The van der Waals surface area contributed by atoms with Crippen LogP contribution in [0, 0.1) is 17.8 Å². The van der Waals surface area contributed by atoms with Gasteiger partial charge in [0.05, 0.1) is 6.61 Å². The predicted octanol–water partition coefficient (Wildman–Crippen LogP) is 5.25. The molecule has 2 saturated heterocycles. The number of aryl methyl sites for hydroxylation is 1. The summed E-state index contributed by atoms with van der Waals surface area (Å²) in [4.78, 5) is 17.4. The number of carbonyl (C=O) groups excluding carboxylic acids is 1. The van der Waals surface area contributed by atoms with Crippen molar-refractivity contribution in [3.05, 3.63) is 29.3 Å². The third-order valence-electron chi connectivity index (χ3n) is 9.73. The van der Waals surface area contributed by atoms with E-state index < -0.39 is 0 Å². The molecule has 32 heavy (non-hydrogen) atoms. The minimum atomic E-state index is 0.0398. The molecule has 3 fully saturated rings. The molecule has 0 bridgehead atoms. The number of piperidine rings is 1. The van der Waals surface area contributed by atoms with Crippen LogP contribution in [0.4, 0.5) is 0 Å². The second kappa shape index (κ2) is 8.66. The number of likely N-dealkylation sites (tertiary alicyclic amines) is 2. The minimum absolute atomic E-state index is 0.0398. The fourth-order valence-electron chi connectivity index (χ4n) is 7.64. The van der Waals surface area contributed by atoms with E-state index in [9.17, 15) is 4.79 Å². The van der Waals surface area contributed by atoms with Gasteiger partial charge in [-0.05, 0) is 113 Å². The van der Waals surface area contributed by atoms with E-state index in [-0.39, 0.29) is 11.5 Å². The first-order chi connectivity index (χ1) is 15.4. The van der Waals surface area contributed by atoms with Crippen LogP contribution in [0.15, 0.2) is 18.2 Å². The Morgan fingerprint density at radius 3 is 2.81 bits per heavy atom. The summed E-state index contributed by atoms with van der Waals surface area (Å²) in [5.74, 6) is 3.53. The fraction of sp³-hybridized carbons (Fsp3) is 0.750. The molecule has 5 rings (SSSR count). The average Bonchev–Trinajstić information content (AvgIpc) is 3.20. The summed E-state index contributed by atoms with van der Waals surface area (Å²) in [5, 5.41) is 0. The zero-order valence-corrected chi connectivity index (χ0v) is 20.6. The predicted molar refractivity (Wildman–Crippen MR) is 129 cm³/mol. The Bertz CT molecular complexity index is 854. The maximum absolute atomic E-state index is 12.7. The maximum atomic E-state index is 12.7. The zero-order chi connectivity index (χ0) is 22.5. The van der Waals surface area contributed by atoms with Crippen molar-refractivity contribution in [1.82, 2.24) is 9.80 Å². The number of nitrogens with zero attached hydrogens (tertiary/aromatic N) is 2. The number of carbonyl (C=O) groups is 1. The van der Waals surface area contributed by atoms with Crippen LogP contribution in [-0.2, 0) is 11.2 Å². The molecule has 2 heterocycles. The lowest BCUT2D eigenvalue weighted by molar-refractivity contribution is -0.155. The van der Waals surface area contributed by atoms with Crippen molar-refractivity contribution in [3.8, 4) is 5.75 Å². The van der Waals surface area contributed by atoms with E-state index >= 15 is 0 Å². The average molecular weight is 439 g/mol. The number of hydrogen-bond donors (Lipinski definition) is 0. The summed E-state index contributed by atoms with van der Waals surface area (Å²) >= 11 is 0. The van der Waals surface area contributed by atoms with Gasteiger partial charge in [-0.1, -0.05) is 13.0 Å². The number of benzene rings is 1. The smallest absolute Gasteiger partial charge is 0.225 e. The largest absolute Gasteiger partial charge is 0.494 e. The van der Waals surface area contributed by atoms with Gasteiger partial charge in [-0.25, -0.2) is 0 Å². The van der Waals surface area contributed by atoms with Gasteiger partial charge in [0.25, 0.3) is 0 Å². The summed E-state index contributed by atoms with van der Waals surface area (Å²) < 4.78 is 6.17. The maximum Gasteiger partial charge on any atom is 0.225 e. The van der Waals surface area contributed by atoms with E-state index in [0.717, 1.165) is 50.6 Å². The second-order valence-corrected chi connectivity index (χ2v) is 11.4. The number of fused-ring (bicyclic) bond motifs is 5. The molecule has 0 aromatic heterocycles. The van der Waals surface area contributed by atoms with Gasteiger partial charge in [-0.2, -0.15) is 0 Å². The fourth-order valence-corrected chi connectivity index (χ4v) is 7.64. The van der Waals surface area contributed by atoms with E-state index in [2.05, 4.69) is 55.8 Å². The van der Waals surface area contributed by atoms with Gasteiger partial charge >= 0.3 is 0 Å². The van der Waals surface area contributed by atoms with Crippen molar-refractivity contribution in [1.29, 1.82) is 0 Å². The molecule has 4 heteroatoms. The van der Waals surface area contributed by atoms with E-state index in [0.29, 0.717) is 23.7 Å². The van der Waals surface area contributed by atoms with E-state index in [1.54, 1.807) is 5.56 Å². The summed E-state index contributed by atoms with van der Waals surface area (Å²) in [6, 6.07) is 7.66. The Hall–Kier alpha value is -1.55. The second-order valence-electron chi connectivity index (χ2n) is 11.4. The van der Waals surface area contributed by atoms with Crippen LogP contribution in [-0.4, -0.2) is 54.0 Å². The molecular weight excluding hydrogens is 396 g/mol. The summed E-state index contributed by atoms with van der Waals surface area (Å²) in [6.45, 7) is 10.1. The minimum Gasteiger partial charge on any atom is -0.494 e. The van der Waals surface area contributed by atoms with Crippen LogP contribution in [0.3, 0.4) is 0 Å². The van der Waals surface area contributed by atoms with Crippen molar-refractivity contribution in [2.24, 2.45) is 17.8 Å². The lowest BCUT2D eigenvalue weighted by Crippen LogP contribution is -2.62. The molecule has 6 atom stereocenters. The Morgan fingerprint density at radius 2 is 2.03 bits per heavy atom. The third-order valence-corrected chi connectivity index (χ3v) is 9.73. The quantitative estimate of drug-likeness (QED) is 0.589. The Labute approximate surface area is 194 Å². The molecule has 176 valence electrons. The first-order valence-corrected chi connectivity index (χ1v) is 13.2. The molecule has 4 aliphatic rings. The summed E-state index contributed by atoms with van der Waals surface area (Å²) in [5.41, 5.74) is 3.11. The molecule has 1 amide bonds. The van der Waals surface area contributed by atoms with Crippen LogP contribution >= 0.6 is 0 Å². The molecule has 0 radical (unpaired) electrons. The van der Waals surface area contributed by atoms with Gasteiger partial charge in [0.1, 0.15) is 5.75 Å². The van der Waals surface area contributed by atoms with Crippen molar-refractivity contribution >= 4 is 5.91 Å². The first-order valence-electron chi connectivity index (χ1n) is 13.2. The highest BCUT2D eigenvalue weighted by atomic mass is 16.5. The lowest BCUT2D eigenvalue weighted by atomic mass is 9.54. The van der Waals surface area contributed by atoms with Crippen molar-refractivity contribution in [3.63, 3.8) is 0 Å². The monoisotopic (exact) mass is 438 g/mol. The molecule has 0 N–H and O–H groups in total. The van der Waals surface area contributed by atoms with Crippen LogP contribution in [0.5, 0.6) is 5.75 Å². The van der Waals surface area contributed by atoms with Gasteiger partial charge in [-0.3, -0.25) is 4.79 Å². The number of ether oxygens (including phenoxy) is 1. The molecule has 0 unspecified atom stereocenters. The highest BCUT2D eigenvalue weighted by Gasteiger charge is 2.54. The first kappa shape index (κ1) is 22.3. The SMILES string of the molecule is C[C@@H]1C[C@@H]2[C@@H]3CCc4cc(OCCCN5CCC[C@H]5C)ccc4[C@H]3CC[C@]2(C)N(C)C1=O. The lowest BCUT2D eigenvalue weighted by Gasteiger charge is -2.58. The third kappa shape index (κ3) is 3.77. The topological polar surface area (TPSA) is 32.8 Å². The molecule has 1 saturated carbocycles. The van der Waals surface area contributed by atoms with Crippen molar-refractivity contribution < 1.29 is 9.53 Å². The van der Waals surface area contributed by atoms with Gasteiger partial charge in [0.2, 0.25) is 5.91 Å². The van der Waals surface area contributed by atoms with Crippen LogP contribution in [0.2, 0.25) is 0 Å². The van der Waals surface area contributed by atoms with Crippen LogP contribution in [0.25, 0.3) is 0 Å². The van der Waals surface area contributed by atoms with E-state index in [1.165, 1.54) is 37.8 Å². The Kier molecular flexibility index (Phi) is 6.03. The Balaban J connectivity index is 1.24. The molecule has 0 spiro atoms. The van der Waals surface area contributed by atoms with Gasteiger partial charge in [-0.15, -0.1) is 0 Å². The number of amides is 1. The zero-order valence-electron chi connectivity index (χ0n) is 20.6. The summed E-state index contributed by atoms with van der Waals surface area (Å²) in [6.07, 6.45) is 9.59. The van der Waals surface area contributed by atoms with E-state index in [1.807, 2.05) is 0 Å². The van der Waals surface area contributed by atoms with Gasteiger partial charge in [0, 0.05) is 31.1 Å². The van der Waals surface area contributed by atoms with Gasteiger partial charge in [0.15, 0.2) is 0 Å². The van der Waals surface area contributed by atoms with Crippen LogP contribution in [0.1, 0.15) is 82.8 Å². The standard InChI is InChI=1S/C28H42N2O2/c1-19-17-26-25-10-8-21-18-22(32-16-6-15-30-14-5-7-20(30)2)9-11-23(21)24(25)12-13-28(26,3)29(4)27(19)31/h9,11,18-20,24-26H,5-8,10,12-17H2,1-4H3/t19-,20-,24-,25-,26-,28+/m1/s1. The molecule has 1 aromatic rings.